The zero-order chi connectivity index (χ0) is 11.1. The fraction of sp³-hybridized carbons (Fsp3) is 0.583. The molecule has 0 spiro atoms. The minimum Gasteiger partial charge on any atom is -0.335 e. The summed E-state index contributed by atoms with van der Waals surface area (Å²) in [5, 5.41) is 0. The molecule has 2 aliphatic rings. The Labute approximate surface area is 108 Å². The topological polar surface area (TPSA) is 20.3 Å². The summed E-state index contributed by atoms with van der Waals surface area (Å²) in [6.07, 6.45) is 5.02. The molecular weight excluding hydrogens is 286 g/mol. The van der Waals surface area contributed by atoms with Gasteiger partial charge >= 0.3 is 0 Å². The molecule has 2 saturated carbocycles. The Hall–Kier alpha value is -0.350. The van der Waals surface area contributed by atoms with Crippen LogP contribution in [0.25, 0.3) is 0 Å². The molecule has 2 aliphatic carbocycles. The maximum Gasteiger partial charge on any atom is 0.264 e. The smallest absolute Gasteiger partial charge is 0.264 e. The summed E-state index contributed by atoms with van der Waals surface area (Å²) >= 11 is 4.96. The van der Waals surface area contributed by atoms with E-state index in [-0.39, 0.29) is 5.91 Å². The van der Waals surface area contributed by atoms with Crippen molar-refractivity contribution in [3.05, 3.63) is 20.8 Å². The van der Waals surface area contributed by atoms with E-state index in [4.69, 9.17) is 0 Å². The lowest BCUT2D eigenvalue weighted by molar-refractivity contribution is 0.0739. The molecule has 0 unspecified atom stereocenters. The molecule has 0 saturated heterocycles. The van der Waals surface area contributed by atoms with Gasteiger partial charge in [-0.15, -0.1) is 11.3 Å². The maximum absolute atomic E-state index is 12.3. The Morgan fingerprint density at radius 1 is 1.38 bits per heavy atom. The van der Waals surface area contributed by atoms with Crippen molar-refractivity contribution in [1.29, 1.82) is 0 Å². The van der Waals surface area contributed by atoms with E-state index in [0.29, 0.717) is 6.04 Å². The molecule has 1 aromatic rings. The number of hydrogen-bond donors (Lipinski definition) is 0. The standard InChI is InChI=1S/C12H14BrNOS/c13-11-6-5-10(16-11)12(15)14(9-3-4-9)7-8-1-2-8/h5-6,8-9H,1-4,7H2. The summed E-state index contributed by atoms with van der Waals surface area (Å²) < 4.78 is 1.04. The highest BCUT2D eigenvalue weighted by Crippen LogP contribution is 2.36. The monoisotopic (exact) mass is 299 g/mol. The first-order valence-electron chi connectivity index (χ1n) is 5.80. The van der Waals surface area contributed by atoms with Crippen molar-refractivity contribution in [2.24, 2.45) is 5.92 Å². The van der Waals surface area contributed by atoms with Crippen LogP contribution in [0.5, 0.6) is 0 Å². The van der Waals surface area contributed by atoms with Gasteiger partial charge in [-0.05, 0) is 59.7 Å². The molecule has 0 atom stereocenters. The lowest BCUT2D eigenvalue weighted by Gasteiger charge is -2.21. The van der Waals surface area contributed by atoms with Gasteiger partial charge in [0.2, 0.25) is 0 Å². The van der Waals surface area contributed by atoms with E-state index in [1.165, 1.54) is 25.7 Å². The Morgan fingerprint density at radius 3 is 2.62 bits per heavy atom. The number of carbonyl (C=O) groups is 1. The van der Waals surface area contributed by atoms with E-state index >= 15 is 0 Å². The molecule has 0 aromatic carbocycles. The molecule has 86 valence electrons. The fourth-order valence-electron chi connectivity index (χ4n) is 1.93. The minimum absolute atomic E-state index is 0.241. The third-order valence-corrected chi connectivity index (χ3v) is 4.80. The third kappa shape index (κ3) is 2.33. The van der Waals surface area contributed by atoms with Crippen molar-refractivity contribution >= 4 is 33.2 Å². The summed E-state index contributed by atoms with van der Waals surface area (Å²) in [6, 6.07) is 4.42. The van der Waals surface area contributed by atoms with Gasteiger partial charge in [-0.25, -0.2) is 0 Å². The van der Waals surface area contributed by atoms with Gasteiger partial charge in [0, 0.05) is 12.6 Å². The van der Waals surface area contributed by atoms with Gasteiger partial charge in [-0.2, -0.15) is 0 Å². The number of hydrogen-bond acceptors (Lipinski definition) is 2. The van der Waals surface area contributed by atoms with E-state index in [1.54, 1.807) is 11.3 Å². The van der Waals surface area contributed by atoms with Crippen LogP contribution < -0.4 is 0 Å². The van der Waals surface area contributed by atoms with Gasteiger partial charge in [-0.3, -0.25) is 4.79 Å². The summed E-state index contributed by atoms with van der Waals surface area (Å²) in [5.41, 5.74) is 0. The predicted molar refractivity (Wildman–Crippen MR) is 68.8 cm³/mol. The number of nitrogens with zero attached hydrogens (tertiary/aromatic N) is 1. The second-order valence-electron chi connectivity index (χ2n) is 4.74. The van der Waals surface area contributed by atoms with Gasteiger partial charge in [0.25, 0.3) is 5.91 Å². The maximum atomic E-state index is 12.3. The Morgan fingerprint density at radius 2 is 2.12 bits per heavy atom. The predicted octanol–water partition coefficient (Wildman–Crippen LogP) is 3.53. The zero-order valence-corrected chi connectivity index (χ0v) is 11.4. The molecule has 0 bridgehead atoms. The molecule has 0 radical (unpaired) electrons. The first-order chi connectivity index (χ1) is 7.74. The fourth-order valence-corrected chi connectivity index (χ4v) is 3.28. The van der Waals surface area contributed by atoms with Crippen LogP contribution in [0, 0.1) is 5.92 Å². The summed E-state index contributed by atoms with van der Waals surface area (Å²) in [6.45, 7) is 0.985. The van der Waals surface area contributed by atoms with Crippen LogP contribution in [0.1, 0.15) is 35.4 Å². The van der Waals surface area contributed by atoms with Crippen LogP contribution in [0.2, 0.25) is 0 Å². The minimum atomic E-state index is 0.241. The first kappa shape index (κ1) is 10.8. The Balaban J connectivity index is 1.74. The van der Waals surface area contributed by atoms with Crippen molar-refractivity contribution in [3.8, 4) is 0 Å². The molecule has 2 nitrogen and oxygen atoms in total. The van der Waals surface area contributed by atoms with Crippen LogP contribution >= 0.6 is 27.3 Å². The Kier molecular flexibility index (Phi) is 2.80. The molecule has 1 heterocycles. The highest BCUT2D eigenvalue weighted by atomic mass is 79.9. The van der Waals surface area contributed by atoms with E-state index in [9.17, 15) is 4.79 Å². The second kappa shape index (κ2) is 4.15. The molecule has 16 heavy (non-hydrogen) atoms. The quantitative estimate of drug-likeness (QED) is 0.833. The number of amides is 1. The molecule has 0 aliphatic heterocycles. The van der Waals surface area contributed by atoms with Crippen LogP contribution in [-0.2, 0) is 0 Å². The number of halogens is 1. The average molecular weight is 300 g/mol. The molecule has 3 rings (SSSR count). The average Bonchev–Trinajstić information content (AvgIpc) is 3.15. The number of thiophene rings is 1. The highest BCUT2D eigenvalue weighted by Gasteiger charge is 2.37. The van der Waals surface area contributed by atoms with Crippen molar-refractivity contribution < 1.29 is 4.79 Å². The molecular formula is C12H14BrNOS. The van der Waals surface area contributed by atoms with E-state index in [2.05, 4.69) is 20.8 Å². The lowest BCUT2D eigenvalue weighted by Crippen LogP contribution is -2.34. The van der Waals surface area contributed by atoms with Gasteiger partial charge in [0.15, 0.2) is 0 Å². The van der Waals surface area contributed by atoms with Gasteiger partial charge < -0.3 is 4.90 Å². The van der Waals surface area contributed by atoms with E-state index < -0.39 is 0 Å². The third-order valence-electron chi connectivity index (χ3n) is 3.18. The van der Waals surface area contributed by atoms with Crippen LogP contribution in [-0.4, -0.2) is 23.4 Å². The number of carbonyl (C=O) groups excluding carboxylic acids is 1. The molecule has 2 fully saturated rings. The van der Waals surface area contributed by atoms with Crippen LogP contribution in [0.4, 0.5) is 0 Å². The van der Waals surface area contributed by atoms with Crippen LogP contribution in [0.15, 0.2) is 15.9 Å². The molecule has 1 aromatic heterocycles. The molecule has 4 heteroatoms. The second-order valence-corrected chi connectivity index (χ2v) is 7.20. The largest absolute Gasteiger partial charge is 0.335 e. The van der Waals surface area contributed by atoms with E-state index in [0.717, 1.165) is 21.1 Å². The Bertz CT molecular complexity index is 409. The normalized spacial score (nSPS) is 19.8. The van der Waals surface area contributed by atoms with E-state index in [1.807, 2.05) is 12.1 Å². The van der Waals surface area contributed by atoms with Gasteiger partial charge in [0.1, 0.15) is 0 Å². The van der Waals surface area contributed by atoms with Gasteiger partial charge in [-0.1, -0.05) is 0 Å². The highest BCUT2D eigenvalue weighted by molar-refractivity contribution is 9.11. The van der Waals surface area contributed by atoms with Crippen molar-refractivity contribution in [3.63, 3.8) is 0 Å². The van der Waals surface area contributed by atoms with Crippen LogP contribution in [0.3, 0.4) is 0 Å². The van der Waals surface area contributed by atoms with Crippen molar-refractivity contribution in [2.75, 3.05) is 6.54 Å². The number of rotatable bonds is 4. The SMILES string of the molecule is O=C(c1ccc(Br)s1)N(CC1CC1)C1CC1. The summed E-state index contributed by atoms with van der Waals surface area (Å²) in [5.74, 6) is 1.03. The first-order valence-corrected chi connectivity index (χ1v) is 7.41. The lowest BCUT2D eigenvalue weighted by atomic mass is 10.3. The van der Waals surface area contributed by atoms with Crippen molar-refractivity contribution in [1.82, 2.24) is 4.90 Å². The van der Waals surface area contributed by atoms with Crippen molar-refractivity contribution in [2.45, 2.75) is 31.7 Å². The molecule has 1 amide bonds. The van der Waals surface area contributed by atoms with Gasteiger partial charge in [0.05, 0.1) is 8.66 Å². The summed E-state index contributed by atoms with van der Waals surface area (Å²) in [4.78, 5) is 15.3. The molecule has 0 N–H and O–H groups in total. The summed E-state index contributed by atoms with van der Waals surface area (Å²) in [7, 11) is 0. The zero-order valence-electron chi connectivity index (χ0n) is 8.99.